The lowest BCUT2D eigenvalue weighted by Crippen LogP contribution is -2.50. The number of nitrogens with one attached hydrogen (secondary N) is 1. The number of fused-ring (bicyclic) bond motifs is 3. The minimum absolute atomic E-state index is 0.0527. The molecule has 13 nitrogen and oxygen atoms in total. The van der Waals surface area contributed by atoms with Gasteiger partial charge in [-0.25, -0.2) is 4.98 Å². The molecule has 3 aliphatic rings. The summed E-state index contributed by atoms with van der Waals surface area (Å²) in [6.07, 6.45) is -0.0310. The second kappa shape index (κ2) is 12.1. The molecule has 2 amide bonds. The van der Waals surface area contributed by atoms with Crippen LogP contribution in [0.2, 0.25) is 0 Å². The maximum Gasteiger partial charge on any atom is 0.416 e. The first-order valence-electron chi connectivity index (χ1n) is 15.5. The van der Waals surface area contributed by atoms with E-state index in [4.69, 9.17) is 9.72 Å². The number of aromatic nitrogens is 5. The molecule has 7 rings (SSSR count). The summed E-state index contributed by atoms with van der Waals surface area (Å²) < 4.78 is 48.1. The van der Waals surface area contributed by atoms with Crippen molar-refractivity contribution in [3.05, 3.63) is 81.3 Å². The van der Waals surface area contributed by atoms with Crippen molar-refractivity contribution in [3.8, 4) is 5.75 Å². The Morgan fingerprint density at radius 3 is 2.58 bits per heavy atom. The second-order valence-electron chi connectivity index (χ2n) is 11.9. The molecule has 1 unspecified atom stereocenters. The van der Waals surface area contributed by atoms with Crippen LogP contribution in [-0.4, -0.2) is 85.4 Å². The van der Waals surface area contributed by atoms with E-state index >= 15 is 0 Å². The van der Waals surface area contributed by atoms with E-state index in [2.05, 4.69) is 15.4 Å². The van der Waals surface area contributed by atoms with Gasteiger partial charge in [0.2, 0.25) is 11.7 Å². The van der Waals surface area contributed by atoms with Gasteiger partial charge in [-0.05, 0) is 67.7 Å². The van der Waals surface area contributed by atoms with Gasteiger partial charge in [-0.3, -0.25) is 19.0 Å². The third-order valence-corrected chi connectivity index (χ3v) is 8.97. The van der Waals surface area contributed by atoms with E-state index in [0.717, 1.165) is 17.7 Å². The third kappa shape index (κ3) is 5.55. The quantitative estimate of drug-likeness (QED) is 0.328. The molecule has 2 N–H and O–H groups in total. The number of rotatable bonds is 5. The average molecular weight is 665 g/mol. The summed E-state index contributed by atoms with van der Waals surface area (Å²) in [7, 11) is 0. The van der Waals surface area contributed by atoms with Gasteiger partial charge in [-0.15, -0.1) is 5.10 Å². The first-order chi connectivity index (χ1) is 23.0. The summed E-state index contributed by atoms with van der Waals surface area (Å²) in [5, 5.41) is 17.5. The fourth-order valence-electron chi connectivity index (χ4n) is 6.50. The van der Waals surface area contributed by atoms with Crippen molar-refractivity contribution in [3.63, 3.8) is 0 Å². The average Bonchev–Trinajstić information content (AvgIpc) is 3.72. The number of aryl methyl sites for hydroxylation is 1. The number of aromatic hydroxyl groups is 1. The number of hydrogen-bond acceptors (Lipinski definition) is 9. The number of amides is 2. The maximum atomic E-state index is 14.1. The zero-order chi connectivity index (χ0) is 33.7. The van der Waals surface area contributed by atoms with Gasteiger partial charge in [-0.2, -0.15) is 22.7 Å². The molecule has 0 radical (unpaired) electrons. The molecule has 3 aromatic heterocycles. The molecule has 3 aliphatic heterocycles. The van der Waals surface area contributed by atoms with Gasteiger partial charge in [0.1, 0.15) is 17.5 Å². The van der Waals surface area contributed by atoms with Crippen LogP contribution in [0.1, 0.15) is 52.0 Å². The van der Waals surface area contributed by atoms with E-state index in [1.165, 1.54) is 35.8 Å². The minimum atomic E-state index is -4.52. The molecule has 0 bridgehead atoms. The van der Waals surface area contributed by atoms with Gasteiger partial charge in [0.15, 0.2) is 11.5 Å². The van der Waals surface area contributed by atoms with Crippen LogP contribution < -0.4 is 15.8 Å². The summed E-state index contributed by atoms with van der Waals surface area (Å²) in [6, 6.07) is 5.22. The maximum absolute atomic E-state index is 14.1. The van der Waals surface area contributed by atoms with E-state index in [1.54, 1.807) is 9.47 Å². The minimum Gasteiger partial charge on any atom is -0.505 e. The number of hydrogen-bond donors (Lipinski definition) is 2. The summed E-state index contributed by atoms with van der Waals surface area (Å²) in [5.41, 5.74) is 0.951. The summed E-state index contributed by atoms with van der Waals surface area (Å²) in [6.45, 7) is 3.42. The molecule has 0 aliphatic carbocycles. The molecule has 1 fully saturated rings. The Morgan fingerprint density at radius 1 is 1.10 bits per heavy atom. The van der Waals surface area contributed by atoms with Gasteiger partial charge >= 0.3 is 6.18 Å². The number of alkyl halides is 3. The number of ether oxygens (including phenoxy) is 1. The topological polar surface area (TPSA) is 147 Å². The van der Waals surface area contributed by atoms with Crippen molar-refractivity contribution in [2.75, 3.05) is 49.6 Å². The predicted octanol–water partition coefficient (Wildman–Crippen LogP) is 3.21. The molecule has 0 saturated carbocycles. The molecule has 250 valence electrons. The Kier molecular flexibility index (Phi) is 7.89. The zero-order valence-electron chi connectivity index (χ0n) is 25.8. The van der Waals surface area contributed by atoms with Crippen molar-refractivity contribution in [2.45, 2.75) is 38.4 Å². The Hall–Kier alpha value is -5.25. The highest BCUT2D eigenvalue weighted by Crippen LogP contribution is 2.36. The molecule has 16 heteroatoms. The highest BCUT2D eigenvalue weighted by atomic mass is 19.4. The molecular weight excluding hydrogens is 633 g/mol. The second-order valence-corrected chi connectivity index (χ2v) is 11.9. The SMILES string of the molecule is Cc1cc(C(F)(F)F)ccc1NC(=O)C1CCc2c(N3CCN(C(=O)c4ncccc4O)CC3)c(=O)n3nc(C4=CCOCC4)nc3n21. The number of carbonyl (C=O) groups excluding carboxylic acids is 2. The van der Waals surface area contributed by atoms with Crippen LogP contribution in [0, 0.1) is 6.92 Å². The molecule has 1 saturated heterocycles. The molecule has 4 aromatic rings. The van der Waals surface area contributed by atoms with Crippen molar-refractivity contribution in [1.82, 2.24) is 29.0 Å². The van der Waals surface area contributed by atoms with E-state index in [0.29, 0.717) is 62.8 Å². The van der Waals surface area contributed by atoms with E-state index < -0.39 is 35.2 Å². The Balaban J connectivity index is 1.24. The monoisotopic (exact) mass is 664 g/mol. The van der Waals surface area contributed by atoms with Crippen molar-refractivity contribution in [2.24, 2.45) is 0 Å². The fourth-order valence-corrected chi connectivity index (χ4v) is 6.50. The van der Waals surface area contributed by atoms with Gasteiger partial charge in [0.25, 0.3) is 11.5 Å². The third-order valence-electron chi connectivity index (χ3n) is 8.97. The number of pyridine rings is 1. The molecule has 1 atom stereocenters. The zero-order valence-corrected chi connectivity index (χ0v) is 25.8. The van der Waals surface area contributed by atoms with Gasteiger partial charge < -0.3 is 25.0 Å². The first kappa shape index (κ1) is 31.4. The number of halogens is 3. The van der Waals surface area contributed by atoms with Crippen LogP contribution in [0.4, 0.5) is 24.5 Å². The number of piperazine rings is 1. The lowest BCUT2D eigenvalue weighted by atomic mass is 10.1. The van der Waals surface area contributed by atoms with Crippen molar-refractivity contribution in [1.29, 1.82) is 0 Å². The van der Waals surface area contributed by atoms with E-state index in [1.807, 2.05) is 11.0 Å². The summed E-state index contributed by atoms with van der Waals surface area (Å²) in [5.74, 6) is -0.580. The van der Waals surface area contributed by atoms with Crippen LogP contribution in [0.15, 0.2) is 47.4 Å². The normalized spacial score (nSPS) is 18.2. The lowest BCUT2D eigenvalue weighted by molar-refractivity contribution is -0.137. The first-order valence-corrected chi connectivity index (χ1v) is 15.5. The summed E-state index contributed by atoms with van der Waals surface area (Å²) >= 11 is 0. The van der Waals surface area contributed by atoms with Gasteiger partial charge in [0, 0.05) is 38.1 Å². The number of nitrogens with zero attached hydrogens (tertiary/aromatic N) is 7. The molecule has 0 spiro atoms. The van der Waals surface area contributed by atoms with Crippen LogP contribution in [0.5, 0.6) is 5.75 Å². The summed E-state index contributed by atoms with van der Waals surface area (Å²) in [4.78, 5) is 53.2. The van der Waals surface area contributed by atoms with E-state index in [-0.39, 0.29) is 41.6 Å². The number of carbonyl (C=O) groups is 2. The van der Waals surface area contributed by atoms with Crippen LogP contribution >= 0.6 is 0 Å². The molecule has 6 heterocycles. The van der Waals surface area contributed by atoms with Crippen molar-refractivity contribution < 1.29 is 32.6 Å². The Bertz CT molecular complexity index is 2030. The highest BCUT2D eigenvalue weighted by Gasteiger charge is 2.38. The van der Waals surface area contributed by atoms with Gasteiger partial charge in [-0.1, -0.05) is 6.08 Å². The van der Waals surface area contributed by atoms with Crippen LogP contribution in [0.25, 0.3) is 11.4 Å². The standard InChI is InChI=1S/C32H31F3N8O5/c1-18-17-20(32(33,34)35)4-5-21(18)37-28(45)23-7-6-22-26(40-11-13-41(14-12-40)29(46)25-24(44)3-2-10-36-25)30(47)43-31(42(22)23)38-27(39-43)19-8-15-48-16-9-19/h2-5,8,10,17,23,44H,6-7,9,11-16H2,1H3,(H,37,45). The molecular formula is C32H31F3N8O5. The highest BCUT2D eigenvalue weighted by molar-refractivity contribution is 5.96. The smallest absolute Gasteiger partial charge is 0.416 e. The largest absolute Gasteiger partial charge is 0.505 e. The Labute approximate surface area is 271 Å². The predicted molar refractivity (Wildman–Crippen MR) is 167 cm³/mol. The number of benzene rings is 1. The molecule has 1 aromatic carbocycles. The molecule has 48 heavy (non-hydrogen) atoms. The Morgan fingerprint density at radius 2 is 1.90 bits per heavy atom. The van der Waals surface area contributed by atoms with Crippen LogP contribution in [-0.2, 0) is 22.1 Å². The van der Waals surface area contributed by atoms with E-state index in [9.17, 15) is 32.7 Å². The van der Waals surface area contributed by atoms with Crippen molar-refractivity contribution >= 4 is 34.5 Å². The fraction of sp³-hybridized carbons (Fsp3) is 0.375. The number of anilines is 2. The lowest BCUT2D eigenvalue weighted by Gasteiger charge is -2.36. The van der Waals surface area contributed by atoms with Crippen LogP contribution in [0.3, 0.4) is 0 Å². The van der Waals surface area contributed by atoms with Gasteiger partial charge in [0.05, 0.1) is 24.5 Å².